The van der Waals surface area contributed by atoms with Crippen LogP contribution in [0.25, 0.3) is 0 Å². The van der Waals surface area contributed by atoms with Gasteiger partial charge in [0.25, 0.3) is 0 Å². The molecule has 0 aromatic heterocycles. The second-order valence-electron chi connectivity index (χ2n) is 6.13. The van der Waals surface area contributed by atoms with Crippen molar-refractivity contribution in [2.75, 3.05) is 16.8 Å². The lowest BCUT2D eigenvalue weighted by Gasteiger charge is -2.22. The zero-order valence-corrected chi connectivity index (χ0v) is 15.6. The fourth-order valence-corrected chi connectivity index (χ4v) is 2.70. The van der Waals surface area contributed by atoms with E-state index in [0.29, 0.717) is 17.2 Å². The van der Waals surface area contributed by atoms with Crippen LogP contribution in [0.5, 0.6) is 11.5 Å². The fraction of sp³-hybridized carbons (Fsp3) is 0.0909. The number of hydrogen-bond donors (Lipinski definition) is 1. The highest BCUT2D eigenvalue weighted by Crippen LogP contribution is 2.29. The Balaban J connectivity index is 1.79. The Morgan fingerprint density at radius 3 is 2.17 bits per heavy atom. The minimum Gasteiger partial charge on any atom is -0.455 e. The number of carbonyl (C=O) groups excluding carboxylic acids is 2. The Morgan fingerprint density at radius 1 is 0.897 bits per heavy atom. The van der Waals surface area contributed by atoms with Gasteiger partial charge in [-0.25, -0.2) is 8.78 Å². The molecule has 0 bridgehead atoms. The fourth-order valence-electron chi connectivity index (χ4n) is 2.70. The van der Waals surface area contributed by atoms with Crippen molar-refractivity contribution < 1.29 is 23.1 Å². The minimum atomic E-state index is -0.930. The van der Waals surface area contributed by atoms with Gasteiger partial charge < -0.3 is 10.1 Å². The standard InChI is InChI=1S/C22H18F2N2O3/c1-15(27)26(22-17(23)10-7-11-18(22)24)14-21(28)25-19-12-5-6-13-20(19)29-16-8-3-2-4-9-16/h2-13H,14H2,1H3,(H,25,28). The first-order chi connectivity index (χ1) is 14.0. The largest absolute Gasteiger partial charge is 0.455 e. The molecule has 3 aromatic rings. The zero-order chi connectivity index (χ0) is 20.8. The van der Waals surface area contributed by atoms with Crippen molar-refractivity contribution in [3.63, 3.8) is 0 Å². The van der Waals surface area contributed by atoms with Crippen LogP contribution in [0.3, 0.4) is 0 Å². The van der Waals surface area contributed by atoms with E-state index in [-0.39, 0.29) is 0 Å². The molecule has 0 atom stereocenters. The number of para-hydroxylation sites is 4. The zero-order valence-electron chi connectivity index (χ0n) is 15.6. The molecule has 0 fully saturated rings. The quantitative estimate of drug-likeness (QED) is 0.654. The van der Waals surface area contributed by atoms with Crippen LogP contribution in [0.1, 0.15) is 6.92 Å². The van der Waals surface area contributed by atoms with E-state index in [4.69, 9.17) is 4.74 Å². The molecule has 0 radical (unpaired) electrons. The topological polar surface area (TPSA) is 58.6 Å². The number of amides is 2. The maximum atomic E-state index is 14.1. The van der Waals surface area contributed by atoms with Crippen molar-refractivity contribution in [1.29, 1.82) is 0 Å². The molecule has 148 valence electrons. The van der Waals surface area contributed by atoms with Crippen LogP contribution in [0.4, 0.5) is 20.2 Å². The first kappa shape index (κ1) is 20.0. The predicted molar refractivity (Wildman–Crippen MR) is 106 cm³/mol. The van der Waals surface area contributed by atoms with Gasteiger partial charge in [0.15, 0.2) is 5.75 Å². The van der Waals surface area contributed by atoms with Crippen LogP contribution in [-0.2, 0) is 9.59 Å². The predicted octanol–water partition coefficient (Wildman–Crippen LogP) is 4.75. The molecule has 0 aliphatic heterocycles. The summed E-state index contributed by atoms with van der Waals surface area (Å²) < 4.78 is 33.9. The number of ether oxygens (including phenoxy) is 1. The molecule has 1 N–H and O–H groups in total. The Kier molecular flexibility index (Phi) is 6.19. The van der Waals surface area contributed by atoms with E-state index in [1.165, 1.54) is 6.07 Å². The summed E-state index contributed by atoms with van der Waals surface area (Å²) in [4.78, 5) is 25.2. The number of nitrogens with zero attached hydrogens (tertiary/aromatic N) is 1. The van der Waals surface area contributed by atoms with Crippen LogP contribution in [0.2, 0.25) is 0 Å². The lowest BCUT2D eigenvalue weighted by molar-refractivity contribution is -0.120. The average molecular weight is 396 g/mol. The second-order valence-corrected chi connectivity index (χ2v) is 6.13. The highest BCUT2D eigenvalue weighted by atomic mass is 19.1. The monoisotopic (exact) mass is 396 g/mol. The van der Waals surface area contributed by atoms with Gasteiger partial charge in [0.1, 0.15) is 29.6 Å². The van der Waals surface area contributed by atoms with Crippen LogP contribution in [0, 0.1) is 11.6 Å². The summed E-state index contributed by atoms with van der Waals surface area (Å²) in [6.45, 7) is 0.568. The summed E-state index contributed by atoms with van der Waals surface area (Å²) in [5.74, 6) is -2.20. The van der Waals surface area contributed by atoms with E-state index in [1.54, 1.807) is 36.4 Å². The first-order valence-electron chi connectivity index (χ1n) is 8.79. The number of nitrogens with one attached hydrogen (secondary N) is 1. The van der Waals surface area contributed by atoms with E-state index < -0.39 is 35.7 Å². The summed E-state index contributed by atoms with van der Waals surface area (Å²) >= 11 is 0. The average Bonchev–Trinajstić information content (AvgIpc) is 2.69. The van der Waals surface area contributed by atoms with Crippen molar-refractivity contribution in [2.24, 2.45) is 0 Å². The van der Waals surface area contributed by atoms with Gasteiger partial charge >= 0.3 is 0 Å². The Morgan fingerprint density at radius 2 is 1.52 bits per heavy atom. The molecule has 0 heterocycles. The van der Waals surface area contributed by atoms with Crippen LogP contribution >= 0.6 is 0 Å². The third-order valence-electron chi connectivity index (χ3n) is 4.02. The number of carbonyl (C=O) groups is 2. The molecule has 0 aliphatic carbocycles. The Labute approximate surface area is 166 Å². The molecule has 7 heteroatoms. The summed E-state index contributed by atoms with van der Waals surface area (Å²) in [6.07, 6.45) is 0. The Bertz CT molecular complexity index is 1010. The maximum absolute atomic E-state index is 14.1. The molecule has 0 saturated heterocycles. The molecule has 3 rings (SSSR count). The molecule has 0 spiro atoms. The molecular weight excluding hydrogens is 378 g/mol. The number of anilines is 2. The summed E-state index contributed by atoms with van der Waals surface area (Å²) in [5, 5.41) is 2.62. The number of benzene rings is 3. The summed E-state index contributed by atoms with van der Waals surface area (Å²) in [7, 11) is 0. The Hall–Kier alpha value is -3.74. The molecule has 2 amide bonds. The lowest BCUT2D eigenvalue weighted by atomic mass is 10.2. The maximum Gasteiger partial charge on any atom is 0.244 e. The van der Waals surface area contributed by atoms with Gasteiger partial charge in [-0.1, -0.05) is 36.4 Å². The highest BCUT2D eigenvalue weighted by Gasteiger charge is 2.23. The van der Waals surface area contributed by atoms with E-state index in [2.05, 4.69) is 5.32 Å². The van der Waals surface area contributed by atoms with Crippen molar-refractivity contribution in [3.8, 4) is 11.5 Å². The van der Waals surface area contributed by atoms with E-state index in [0.717, 1.165) is 24.0 Å². The van der Waals surface area contributed by atoms with Crippen LogP contribution in [0.15, 0.2) is 72.8 Å². The molecule has 0 saturated carbocycles. The molecule has 0 unspecified atom stereocenters. The molecule has 29 heavy (non-hydrogen) atoms. The van der Waals surface area contributed by atoms with Gasteiger partial charge in [-0.15, -0.1) is 0 Å². The van der Waals surface area contributed by atoms with Crippen LogP contribution in [-0.4, -0.2) is 18.4 Å². The molecule has 5 nitrogen and oxygen atoms in total. The number of halogens is 2. The molecular formula is C22H18F2N2O3. The first-order valence-corrected chi connectivity index (χ1v) is 8.79. The lowest BCUT2D eigenvalue weighted by Crippen LogP contribution is -2.37. The number of hydrogen-bond acceptors (Lipinski definition) is 3. The SMILES string of the molecule is CC(=O)N(CC(=O)Nc1ccccc1Oc1ccccc1)c1c(F)cccc1F. The summed E-state index contributed by atoms with van der Waals surface area (Å²) in [5.41, 5.74) is -0.206. The van der Waals surface area contributed by atoms with Gasteiger partial charge in [0, 0.05) is 6.92 Å². The number of rotatable bonds is 6. The highest BCUT2D eigenvalue weighted by molar-refractivity contribution is 6.02. The van der Waals surface area contributed by atoms with Crippen molar-refractivity contribution in [3.05, 3.63) is 84.4 Å². The summed E-state index contributed by atoms with van der Waals surface area (Å²) in [6, 6.07) is 19.0. The third kappa shape index (κ3) is 4.95. The normalized spacial score (nSPS) is 10.3. The van der Waals surface area contributed by atoms with Gasteiger partial charge in [0.05, 0.1) is 5.69 Å². The molecule has 0 aliphatic rings. The minimum absolute atomic E-state index is 0.360. The smallest absolute Gasteiger partial charge is 0.244 e. The van der Waals surface area contributed by atoms with E-state index in [9.17, 15) is 18.4 Å². The van der Waals surface area contributed by atoms with Crippen molar-refractivity contribution in [2.45, 2.75) is 6.92 Å². The molecule has 3 aromatic carbocycles. The van der Waals surface area contributed by atoms with Crippen molar-refractivity contribution >= 4 is 23.2 Å². The van der Waals surface area contributed by atoms with Gasteiger partial charge in [-0.3, -0.25) is 14.5 Å². The third-order valence-corrected chi connectivity index (χ3v) is 4.02. The van der Waals surface area contributed by atoms with Crippen LogP contribution < -0.4 is 15.0 Å². The van der Waals surface area contributed by atoms with E-state index >= 15 is 0 Å². The van der Waals surface area contributed by atoms with Crippen molar-refractivity contribution in [1.82, 2.24) is 0 Å². The van der Waals surface area contributed by atoms with Gasteiger partial charge in [-0.2, -0.15) is 0 Å². The van der Waals surface area contributed by atoms with Gasteiger partial charge in [-0.05, 0) is 36.4 Å². The van der Waals surface area contributed by atoms with Gasteiger partial charge in [0.2, 0.25) is 11.8 Å². The van der Waals surface area contributed by atoms with E-state index in [1.807, 2.05) is 18.2 Å². The second kappa shape index (κ2) is 8.97.